The predicted molar refractivity (Wildman–Crippen MR) is 62.1 cm³/mol. The summed E-state index contributed by atoms with van der Waals surface area (Å²) in [6, 6.07) is 0. The van der Waals surface area contributed by atoms with Gasteiger partial charge in [-0.2, -0.15) is 0 Å². The van der Waals surface area contributed by atoms with Crippen molar-refractivity contribution in [2.24, 2.45) is 0 Å². The molecule has 0 atom stereocenters. The minimum absolute atomic E-state index is 0.655. The third kappa shape index (κ3) is 1.95. The summed E-state index contributed by atoms with van der Waals surface area (Å²) in [5.41, 5.74) is 6.65. The molecule has 0 saturated carbocycles. The van der Waals surface area contributed by atoms with Gasteiger partial charge < -0.3 is 16.0 Å². The summed E-state index contributed by atoms with van der Waals surface area (Å²) in [5.74, 6) is 1.58. The van der Waals surface area contributed by atoms with Crippen LogP contribution in [0, 0.1) is 0 Å². The maximum Gasteiger partial charge on any atom is 0.157 e. The molecule has 5 nitrogen and oxygen atoms in total. The Bertz CT molecular complexity index is 333. The van der Waals surface area contributed by atoms with Crippen molar-refractivity contribution in [2.75, 3.05) is 36.1 Å². The zero-order valence-electron chi connectivity index (χ0n) is 9.03. The van der Waals surface area contributed by atoms with Crippen molar-refractivity contribution in [3.8, 4) is 0 Å². The lowest BCUT2D eigenvalue weighted by Crippen LogP contribution is -2.31. The number of hydrogen-bond acceptors (Lipinski definition) is 5. The van der Waals surface area contributed by atoms with Gasteiger partial charge in [-0.05, 0) is 19.3 Å². The fraction of sp³-hybridized carbons (Fsp3) is 0.600. The first kappa shape index (κ1) is 10.0. The van der Waals surface area contributed by atoms with E-state index in [1.165, 1.54) is 19.3 Å². The number of piperidine rings is 1. The molecule has 15 heavy (non-hydrogen) atoms. The molecule has 0 radical (unpaired) electrons. The van der Waals surface area contributed by atoms with E-state index < -0.39 is 0 Å². The average Bonchev–Trinajstić information content (AvgIpc) is 2.30. The Morgan fingerprint density at radius 1 is 1.27 bits per heavy atom. The lowest BCUT2D eigenvalue weighted by molar-refractivity contribution is 0.573. The molecule has 1 aliphatic heterocycles. The summed E-state index contributed by atoms with van der Waals surface area (Å²) in [6.45, 7) is 2.09. The van der Waals surface area contributed by atoms with Gasteiger partial charge in [-0.25, -0.2) is 9.97 Å². The molecule has 2 heterocycles. The minimum atomic E-state index is 0.655. The van der Waals surface area contributed by atoms with Gasteiger partial charge in [0, 0.05) is 20.1 Å². The lowest BCUT2D eigenvalue weighted by atomic mass is 10.1. The first-order valence-electron chi connectivity index (χ1n) is 5.36. The molecule has 1 aromatic heterocycles. The van der Waals surface area contributed by atoms with Crippen LogP contribution in [0.15, 0.2) is 6.33 Å². The molecule has 0 spiro atoms. The highest BCUT2D eigenvalue weighted by molar-refractivity contribution is 5.74. The van der Waals surface area contributed by atoms with Crippen LogP contribution >= 0.6 is 0 Å². The quantitative estimate of drug-likeness (QED) is 0.760. The number of hydrogen-bond donors (Lipinski definition) is 2. The second-order valence-corrected chi connectivity index (χ2v) is 3.76. The van der Waals surface area contributed by atoms with Gasteiger partial charge in [0.2, 0.25) is 0 Å². The molecule has 5 heteroatoms. The van der Waals surface area contributed by atoms with E-state index in [0.29, 0.717) is 11.5 Å². The van der Waals surface area contributed by atoms with Gasteiger partial charge >= 0.3 is 0 Å². The molecule has 0 amide bonds. The van der Waals surface area contributed by atoms with Crippen molar-refractivity contribution in [2.45, 2.75) is 19.3 Å². The van der Waals surface area contributed by atoms with Gasteiger partial charge in [-0.15, -0.1) is 0 Å². The van der Waals surface area contributed by atoms with E-state index in [0.717, 1.165) is 18.9 Å². The van der Waals surface area contributed by atoms with Crippen molar-refractivity contribution >= 4 is 17.3 Å². The number of rotatable bonds is 2. The molecule has 1 aliphatic rings. The third-order valence-electron chi connectivity index (χ3n) is 2.76. The summed E-state index contributed by atoms with van der Waals surface area (Å²) in [5, 5.41) is 2.97. The number of anilines is 3. The topological polar surface area (TPSA) is 67.1 Å². The predicted octanol–water partition coefficient (Wildman–Crippen LogP) is 1.09. The Balaban J connectivity index is 2.26. The monoisotopic (exact) mass is 207 g/mol. The molecule has 0 aliphatic carbocycles. The summed E-state index contributed by atoms with van der Waals surface area (Å²) in [6.07, 6.45) is 5.31. The Labute approximate surface area is 89.7 Å². The van der Waals surface area contributed by atoms with Crippen LogP contribution in [0.25, 0.3) is 0 Å². The molecule has 3 N–H and O–H groups in total. The van der Waals surface area contributed by atoms with Crippen LogP contribution in [0.5, 0.6) is 0 Å². The number of nitrogens with two attached hydrogens (primary N) is 1. The van der Waals surface area contributed by atoms with Crippen LogP contribution in [0.4, 0.5) is 17.3 Å². The fourth-order valence-corrected chi connectivity index (χ4v) is 1.94. The molecule has 1 aromatic rings. The maximum atomic E-state index is 6.00. The fourth-order valence-electron chi connectivity index (χ4n) is 1.94. The average molecular weight is 207 g/mol. The highest BCUT2D eigenvalue weighted by Crippen LogP contribution is 2.27. The summed E-state index contributed by atoms with van der Waals surface area (Å²) < 4.78 is 0. The van der Waals surface area contributed by atoms with Crippen molar-refractivity contribution < 1.29 is 0 Å². The zero-order chi connectivity index (χ0) is 10.7. The maximum absolute atomic E-state index is 6.00. The van der Waals surface area contributed by atoms with E-state index >= 15 is 0 Å². The highest BCUT2D eigenvalue weighted by atomic mass is 15.2. The van der Waals surface area contributed by atoms with E-state index in [1.54, 1.807) is 6.33 Å². The number of nitrogen functional groups attached to an aromatic ring is 1. The van der Waals surface area contributed by atoms with Crippen LogP contribution in [0.2, 0.25) is 0 Å². The second kappa shape index (κ2) is 4.33. The second-order valence-electron chi connectivity index (χ2n) is 3.76. The Hall–Kier alpha value is -1.52. The molecule has 1 saturated heterocycles. The van der Waals surface area contributed by atoms with Gasteiger partial charge in [0.25, 0.3) is 0 Å². The summed E-state index contributed by atoms with van der Waals surface area (Å²) in [4.78, 5) is 10.6. The molecular formula is C10H17N5. The first-order chi connectivity index (χ1) is 7.33. The van der Waals surface area contributed by atoms with Gasteiger partial charge in [0.15, 0.2) is 11.6 Å². The Morgan fingerprint density at radius 3 is 2.67 bits per heavy atom. The van der Waals surface area contributed by atoms with Crippen molar-refractivity contribution in [1.82, 2.24) is 9.97 Å². The molecule has 1 fully saturated rings. The SMILES string of the molecule is CNc1ncnc(N2CCCCC2)c1N. The number of aromatic nitrogens is 2. The van der Waals surface area contributed by atoms with E-state index in [4.69, 9.17) is 5.73 Å². The van der Waals surface area contributed by atoms with E-state index in [2.05, 4.69) is 20.2 Å². The largest absolute Gasteiger partial charge is 0.393 e. The van der Waals surface area contributed by atoms with Crippen molar-refractivity contribution in [3.63, 3.8) is 0 Å². The molecule has 2 rings (SSSR count). The van der Waals surface area contributed by atoms with Crippen LogP contribution in [-0.2, 0) is 0 Å². The van der Waals surface area contributed by atoms with E-state index in [9.17, 15) is 0 Å². The molecule has 0 bridgehead atoms. The van der Waals surface area contributed by atoms with Crippen molar-refractivity contribution in [1.29, 1.82) is 0 Å². The number of nitrogens with one attached hydrogen (secondary N) is 1. The minimum Gasteiger partial charge on any atom is -0.393 e. The standard InChI is InChI=1S/C10H17N5/c1-12-9-8(11)10(14-7-13-9)15-5-3-2-4-6-15/h7H,2-6,11H2,1H3,(H,12,13,14). The number of nitrogens with zero attached hydrogens (tertiary/aromatic N) is 3. The molecule has 0 unspecified atom stereocenters. The molecule has 0 aromatic carbocycles. The smallest absolute Gasteiger partial charge is 0.157 e. The lowest BCUT2D eigenvalue weighted by Gasteiger charge is -2.28. The van der Waals surface area contributed by atoms with Crippen LogP contribution in [-0.4, -0.2) is 30.1 Å². The third-order valence-corrected chi connectivity index (χ3v) is 2.76. The van der Waals surface area contributed by atoms with Crippen molar-refractivity contribution in [3.05, 3.63) is 6.33 Å². The van der Waals surface area contributed by atoms with Gasteiger partial charge in [0.05, 0.1) is 0 Å². The Kier molecular flexibility index (Phi) is 2.89. The molecular weight excluding hydrogens is 190 g/mol. The van der Waals surface area contributed by atoms with E-state index in [1.807, 2.05) is 7.05 Å². The Morgan fingerprint density at radius 2 is 2.00 bits per heavy atom. The van der Waals surface area contributed by atoms with Gasteiger partial charge in [-0.1, -0.05) is 0 Å². The molecule has 82 valence electrons. The normalized spacial score (nSPS) is 16.5. The van der Waals surface area contributed by atoms with E-state index in [-0.39, 0.29) is 0 Å². The van der Waals surface area contributed by atoms with Crippen LogP contribution in [0.1, 0.15) is 19.3 Å². The van der Waals surface area contributed by atoms with Gasteiger partial charge in [-0.3, -0.25) is 0 Å². The van der Waals surface area contributed by atoms with Crippen LogP contribution in [0.3, 0.4) is 0 Å². The summed E-state index contributed by atoms with van der Waals surface area (Å²) >= 11 is 0. The zero-order valence-corrected chi connectivity index (χ0v) is 9.03. The van der Waals surface area contributed by atoms with Crippen LogP contribution < -0.4 is 16.0 Å². The van der Waals surface area contributed by atoms with Gasteiger partial charge in [0.1, 0.15) is 12.0 Å². The summed E-state index contributed by atoms with van der Waals surface area (Å²) in [7, 11) is 1.82. The highest BCUT2D eigenvalue weighted by Gasteiger charge is 2.16. The first-order valence-corrected chi connectivity index (χ1v) is 5.36.